The fourth-order valence-electron chi connectivity index (χ4n) is 3.19. The summed E-state index contributed by atoms with van der Waals surface area (Å²) in [5.41, 5.74) is 1.49. The lowest BCUT2D eigenvalue weighted by Crippen LogP contribution is -2.44. The first-order chi connectivity index (χ1) is 11.6. The molecule has 0 bridgehead atoms. The summed E-state index contributed by atoms with van der Waals surface area (Å²) in [4.78, 5) is 26.4. The van der Waals surface area contributed by atoms with Crippen LogP contribution in [0.2, 0.25) is 0 Å². The highest BCUT2D eigenvalue weighted by molar-refractivity contribution is 5.94. The Kier molecular flexibility index (Phi) is 4.60. The van der Waals surface area contributed by atoms with Gasteiger partial charge in [-0.2, -0.15) is 0 Å². The van der Waals surface area contributed by atoms with Crippen LogP contribution >= 0.6 is 0 Å². The van der Waals surface area contributed by atoms with Crippen molar-refractivity contribution in [1.82, 2.24) is 4.90 Å². The van der Waals surface area contributed by atoms with E-state index in [1.165, 1.54) is 12.1 Å². The van der Waals surface area contributed by atoms with Crippen LogP contribution in [0.15, 0.2) is 54.6 Å². The third-order valence-electron chi connectivity index (χ3n) is 4.45. The van der Waals surface area contributed by atoms with E-state index in [9.17, 15) is 14.0 Å². The van der Waals surface area contributed by atoms with Crippen molar-refractivity contribution in [3.63, 3.8) is 0 Å². The van der Waals surface area contributed by atoms with Crippen molar-refractivity contribution >= 4 is 17.5 Å². The van der Waals surface area contributed by atoms with Crippen LogP contribution in [0.4, 0.5) is 10.1 Å². The number of carbonyl (C=O) groups is 2. The number of piperidine rings is 1. The van der Waals surface area contributed by atoms with Crippen LogP contribution in [-0.2, 0) is 9.59 Å². The molecule has 4 nitrogen and oxygen atoms in total. The summed E-state index contributed by atoms with van der Waals surface area (Å²) in [7, 11) is 1.69. The van der Waals surface area contributed by atoms with E-state index in [1.807, 2.05) is 30.3 Å². The van der Waals surface area contributed by atoms with E-state index in [0.29, 0.717) is 12.8 Å². The van der Waals surface area contributed by atoms with E-state index in [2.05, 4.69) is 5.32 Å². The van der Waals surface area contributed by atoms with Crippen LogP contribution in [0.1, 0.15) is 24.4 Å². The zero-order valence-corrected chi connectivity index (χ0v) is 13.4. The van der Waals surface area contributed by atoms with E-state index < -0.39 is 6.04 Å². The predicted octanol–water partition coefficient (Wildman–Crippen LogP) is 3.37. The van der Waals surface area contributed by atoms with E-state index in [-0.39, 0.29) is 23.5 Å². The van der Waals surface area contributed by atoms with Gasteiger partial charge >= 0.3 is 0 Å². The molecule has 5 heteroatoms. The standard InChI is InChI=1S/C19H19FN2O2/c1-22-17(23)12-11-16(18(22)13-7-9-14(20)10-8-13)19(24)21-15-5-3-2-4-6-15/h2-10,16,18H,11-12H2,1H3,(H,21,24)/t16-,18-/m1/s1. The van der Waals surface area contributed by atoms with Crippen molar-refractivity contribution < 1.29 is 14.0 Å². The zero-order valence-electron chi connectivity index (χ0n) is 13.4. The second kappa shape index (κ2) is 6.83. The van der Waals surface area contributed by atoms with Gasteiger partial charge in [-0.05, 0) is 36.2 Å². The average molecular weight is 326 g/mol. The van der Waals surface area contributed by atoms with Crippen molar-refractivity contribution in [3.8, 4) is 0 Å². The normalized spacial score (nSPS) is 20.8. The van der Waals surface area contributed by atoms with E-state index >= 15 is 0 Å². The zero-order chi connectivity index (χ0) is 17.1. The molecule has 2 aromatic rings. The molecule has 0 aromatic heterocycles. The molecular weight excluding hydrogens is 307 g/mol. The Labute approximate surface area is 140 Å². The summed E-state index contributed by atoms with van der Waals surface area (Å²) in [6.07, 6.45) is 0.810. The van der Waals surface area contributed by atoms with Crippen LogP contribution < -0.4 is 5.32 Å². The number of amides is 2. The summed E-state index contributed by atoms with van der Waals surface area (Å²) in [5.74, 6) is -0.852. The van der Waals surface area contributed by atoms with Gasteiger partial charge in [-0.3, -0.25) is 9.59 Å². The molecule has 0 spiro atoms. The number of anilines is 1. The minimum atomic E-state index is -0.393. The molecule has 1 saturated heterocycles. The number of benzene rings is 2. The smallest absolute Gasteiger partial charge is 0.229 e. The van der Waals surface area contributed by atoms with Crippen LogP contribution in [0, 0.1) is 11.7 Å². The van der Waals surface area contributed by atoms with Gasteiger partial charge < -0.3 is 10.2 Å². The molecule has 1 aliphatic heterocycles. The number of hydrogen-bond donors (Lipinski definition) is 1. The maximum absolute atomic E-state index is 13.2. The van der Waals surface area contributed by atoms with Crippen molar-refractivity contribution in [2.45, 2.75) is 18.9 Å². The maximum atomic E-state index is 13.2. The number of likely N-dealkylation sites (tertiary alicyclic amines) is 1. The third kappa shape index (κ3) is 3.30. The molecule has 1 fully saturated rings. The van der Waals surface area contributed by atoms with Gasteiger partial charge in [0.15, 0.2) is 0 Å². The number of para-hydroxylation sites is 1. The first kappa shape index (κ1) is 16.2. The maximum Gasteiger partial charge on any atom is 0.229 e. The fraction of sp³-hybridized carbons (Fsp3) is 0.263. The fourth-order valence-corrected chi connectivity index (χ4v) is 3.19. The molecule has 24 heavy (non-hydrogen) atoms. The Bertz CT molecular complexity index is 731. The second-order valence-corrected chi connectivity index (χ2v) is 6.00. The number of nitrogens with one attached hydrogen (secondary N) is 1. The number of hydrogen-bond acceptors (Lipinski definition) is 2. The van der Waals surface area contributed by atoms with Gasteiger partial charge in [0.2, 0.25) is 11.8 Å². The molecule has 1 N–H and O–H groups in total. The summed E-state index contributed by atoms with van der Waals surface area (Å²) in [6, 6.07) is 14.8. The number of halogens is 1. The van der Waals surface area contributed by atoms with E-state index in [1.54, 1.807) is 24.1 Å². The highest BCUT2D eigenvalue weighted by Gasteiger charge is 2.38. The predicted molar refractivity (Wildman–Crippen MR) is 89.7 cm³/mol. The quantitative estimate of drug-likeness (QED) is 0.940. The summed E-state index contributed by atoms with van der Waals surface area (Å²) in [6.45, 7) is 0. The Morgan fingerprint density at radius 3 is 2.46 bits per heavy atom. The highest BCUT2D eigenvalue weighted by Crippen LogP contribution is 2.36. The highest BCUT2D eigenvalue weighted by atomic mass is 19.1. The van der Waals surface area contributed by atoms with Gasteiger partial charge in [-0.1, -0.05) is 30.3 Å². The Morgan fingerprint density at radius 1 is 1.12 bits per heavy atom. The van der Waals surface area contributed by atoms with Crippen LogP contribution in [0.5, 0.6) is 0 Å². The lowest BCUT2D eigenvalue weighted by Gasteiger charge is -2.38. The van der Waals surface area contributed by atoms with Gasteiger partial charge in [-0.15, -0.1) is 0 Å². The van der Waals surface area contributed by atoms with Gasteiger partial charge in [0.1, 0.15) is 5.82 Å². The van der Waals surface area contributed by atoms with Crippen molar-refractivity contribution in [2.75, 3.05) is 12.4 Å². The number of nitrogens with zero attached hydrogens (tertiary/aromatic N) is 1. The molecule has 2 aromatic carbocycles. The van der Waals surface area contributed by atoms with Gasteiger partial charge in [0.05, 0.1) is 12.0 Å². The molecule has 1 aliphatic rings. The molecule has 0 radical (unpaired) electrons. The summed E-state index contributed by atoms with van der Waals surface area (Å²) < 4.78 is 13.2. The Morgan fingerprint density at radius 2 is 1.79 bits per heavy atom. The van der Waals surface area contributed by atoms with E-state index in [0.717, 1.165) is 11.3 Å². The summed E-state index contributed by atoms with van der Waals surface area (Å²) in [5, 5.41) is 2.91. The first-order valence-corrected chi connectivity index (χ1v) is 7.93. The topological polar surface area (TPSA) is 49.4 Å². The molecule has 2 atom stereocenters. The van der Waals surface area contributed by atoms with Crippen LogP contribution in [0.25, 0.3) is 0 Å². The SMILES string of the molecule is CN1C(=O)CC[C@@H](C(=O)Nc2ccccc2)[C@H]1c1ccc(F)cc1. The molecular formula is C19H19FN2O2. The number of carbonyl (C=O) groups excluding carboxylic acids is 2. The molecule has 0 aliphatic carbocycles. The average Bonchev–Trinajstić information content (AvgIpc) is 2.59. The minimum absolute atomic E-state index is 0.00640. The number of rotatable bonds is 3. The third-order valence-corrected chi connectivity index (χ3v) is 4.45. The molecule has 0 saturated carbocycles. The Balaban J connectivity index is 1.87. The summed E-state index contributed by atoms with van der Waals surface area (Å²) >= 11 is 0. The molecule has 1 heterocycles. The van der Waals surface area contributed by atoms with Crippen LogP contribution in [-0.4, -0.2) is 23.8 Å². The lowest BCUT2D eigenvalue weighted by molar-refractivity contribution is -0.140. The van der Waals surface area contributed by atoms with Gasteiger partial charge in [0, 0.05) is 19.2 Å². The Hall–Kier alpha value is -2.69. The van der Waals surface area contributed by atoms with E-state index in [4.69, 9.17) is 0 Å². The minimum Gasteiger partial charge on any atom is -0.338 e. The van der Waals surface area contributed by atoms with Gasteiger partial charge in [-0.25, -0.2) is 4.39 Å². The van der Waals surface area contributed by atoms with Crippen LogP contribution in [0.3, 0.4) is 0 Å². The van der Waals surface area contributed by atoms with Crippen molar-refractivity contribution in [1.29, 1.82) is 0 Å². The molecule has 124 valence electrons. The largest absolute Gasteiger partial charge is 0.338 e. The van der Waals surface area contributed by atoms with Crippen molar-refractivity contribution in [3.05, 3.63) is 66.0 Å². The molecule has 2 amide bonds. The first-order valence-electron chi connectivity index (χ1n) is 7.93. The van der Waals surface area contributed by atoms with Crippen molar-refractivity contribution in [2.24, 2.45) is 5.92 Å². The molecule has 3 rings (SSSR count). The molecule has 0 unspecified atom stereocenters. The second-order valence-electron chi connectivity index (χ2n) is 6.00. The monoisotopic (exact) mass is 326 g/mol. The van der Waals surface area contributed by atoms with Gasteiger partial charge in [0.25, 0.3) is 0 Å². The lowest BCUT2D eigenvalue weighted by atomic mass is 9.84.